The number of aromatic nitrogens is 2. The van der Waals surface area contributed by atoms with Crippen LogP contribution in [-0.2, 0) is 20.0 Å². The van der Waals surface area contributed by atoms with E-state index in [0.717, 1.165) is 29.3 Å². The number of nitrogens with one attached hydrogen (secondary N) is 1. The van der Waals surface area contributed by atoms with Gasteiger partial charge in [-0.25, -0.2) is 0 Å². The molecule has 0 radical (unpaired) electrons. The lowest BCUT2D eigenvalue weighted by Gasteiger charge is -2.49. The molecule has 1 saturated carbocycles. The summed E-state index contributed by atoms with van der Waals surface area (Å²) in [5.74, 6) is 0. The van der Waals surface area contributed by atoms with Crippen LogP contribution in [0.4, 0.5) is 0 Å². The average molecular weight is 272 g/mol. The molecule has 4 nitrogen and oxygen atoms in total. The van der Waals surface area contributed by atoms with Crippen LogP contribution in [0.25, 0.3) is 0 Å². The first-order valence-corrected chi connectivity index (χ1v) is 6.87. The lowest BCUT2D eigenvalue weighted by atomic mass is 9.64. The molecule has 1 aromatic heterocycles. The summed E-state index contributed by atoms with van der Waals surface area (Å²) in [5, 5.41) is 18.3. The van der Waals surface area contributed by atoms with Crippen LogP contribution in [0.3, 0.4) is 0 Å². The van der Waals surface area contributed by atoms with Crippen molar-refractivity contribution >= 4 is 11.6 Å². The zero-order chi connectivity index (χ0) is 13.5. The van der Waals surface area contributed by atoms with Crippen molar-refractivity contribution in [2.75, 3.05) is 0 Å². The Morgan fingerprint density at radius 3 is 2.67 bits per heavy atom. The molecule has 0 aromatic carbocycles. The second-order valence-electron chi connectivity index (χ2n) is 5.69. The summed E-state index contributed by atoms with van der Waals surface area (Å²) in [5.41, 5.74) is 1.91. The number of hydrogen-bond acceptors (Lipinski definition) is 3. The van der Waals surface area contributed by atoms with E-state index in [1.807, 2.05) is 11.7 Å². The van der Waals surface area contributed by atoms with Crippen molar-refractivity contribution in [3.63, 3.8) is 0 Å². The quantitative estimate of drug-likeness (QED) is 0.879. The summed E-state index contributed by atoms with van der Waals surface area (Å²) in [6, 6.07) is 0.337. The van der Waals surface area contributed by atoms with Crippen LogP contribution in [0.15, 0.2) is 0 Å². The van der Waals surface area contributed by atoms with Crippen molar-refractivity contribution < 1.29 is 5.11 Å². The first-order chi connectivity index (χ1) is 8.37. The molecule has 1 fully saturated rings. The fraction of sp³-hybridized carbons (Fsp3) is 0.769. The Hall–Kier alpha value is -0.580. The van der Waals surface area contributed by atoms with Gasteiger partial charge in [0.05, 0.1) is 22.5 Å². The predicted octanol–water partition coefficient (Wildman–Crippen LogP) is 1.88. The molecule has 0 bridgehead atoms. The van der Waals surface area contributed by atoms with Crippen LogP contribution in [-0.4, -0.2) is 27.0 Å². The number of halogens is 1. The lowest BCUT2D eigenvalue weighted by Crippen LogP contribution is -2.59. The standard InChI is InChI=1S/C13H22ClN3O/c1-5-8-12(14)9(17(4)16-8)7-15-10-6-11(18)13(10,2)3/h10-11,15,18H,5-7H2,1-4H3. The predicted molar refractivity (Wildman–Crippen MR) is 72.6 cm³/mol. The second kappa shape index (κ2) is 4.83. The molecule has 102 valence electrons. The third-order valence-electron chi connectivity index (χ3n) is 4.23. The summed E-state index contributed by atoms with van der Waals surface area (Å²) >= 11 is 6.30. The third kappa shape index (κ3) is 2.17. The van der Waals surface area contributed by atoms with Crippen molar-refractivity contribution in [1.82, 2.24) is 15.1 Å². The van der Waals surface area contributed by atoms with Crippen LogP contribution in [0.5, 0.6) is 0 Å². The summed E-state index contributed by atoms with van der Waals surface area (Å²) in [7, 11) is 1.92. The molecular weight excluding hydrogens is 250 g/mol. The maximum atomic E-state index is 9.71. The van der Waals surface area contributed by atoms with Gasteiger partial charge in [-0.15, -0.1) is 0 Å². The van der Waals surface area contributed by atoms with E-state index in [9.17, 15) is 5.11 Å². The van der Waals surface area contributed by atoms with Gasteiger partial charge in [-0.3, -0.25) is 4.68 Å². The largest absolute Gasteiger partial charge is 0.392 e. The van der Waals surface area contributed by atoms with E-state index in [4.69, 9.17) is 11.6 Å². The summed E-state index contributed by atoms with van der Waals surface area (Å²) in [6.45, 7) is 6.92. The Bertz CT molecular complexity index is 442. The van der Waals surface area contributed by atoms with Gasteiger partial charge in [0.25, 0.3) is 0 Å². The number of aryl methyl sites for hydroxylation is 2. The van der Waals surface area contributed by atoms with E-state index in [0.29, 0.717) is 12.6 Å². The molecule has 0 saturated heterocycles. The van der Waals surface area contributed by atoms with Crippen molar-refractivity contribution in [2.24, 2.45) is 12.5 Å². The highest BCUT2D eigenvalue weighted by Gasteiger charge is 2.46. The number of rotatable bonds is 4. The molecule has 1 aliphatic carbocycles. The molecule has 1 aromatic rings. The fourth-order valence-electron chi connectivity index (χ4n) is 2.48. The van der Waals surface area contributed by atoms with Crippen LogP contribution in [0.2, 0.25) is 5.02 Å². The van der Waals surface area contributed by atoms with Crippen molar-refractivity contribution in [3.8, 4) is 0 Å². The minimum absolute atomic E-state index is 0.0569. The zero-order valence-corrected chi connectivity index (χ0v) is 12.3. The number of nitrogens with zero attached hydrogens (tertiary/aromatic N) is 2. The highest BCUT2D eigenvalue weighted by molar-refractivity contribution is 6.31. The van der Waals surface area contributed by atoms with E-state index in [-0.39, 0.29) is 11.5 Å². The molecule has 2 atom stereocenters. The fourth-order valence-corrected chi connectivity index (χ4v) is 2.84. The Labute approximate surface area is 113 Å². The highest BCUT2D eigenvalue weighted by atomic mass is 35.5. The van der Waals surface area contributed by atoms with Gasteiger partial charge in [-0.05, 0) is 12.8 Å². The molecule has 1 aliphatic rings. The average Bonchev–Trinajstić information content (AvgIpc) is 2.60. The number of aliphatic hydroxyl groups is 1. The maximum Gasteiger partial charge on any atom is 0.0863 e. The monoisotopic (exact) mass is 271 g/mol. The number of hydrogen-bond donors (Lipinski definition) is 2. The van der Waals surface area contributed by atoms with E-state index in [2.05, 4.69) is 31.2 Å². The van der Waals surface area contributed by atoms with Crippen molar-refractivity contribution in [3.05, 3.63) is 16.4 Å². The van der Waals surface area contributed by atoms with Crippen molar-refractivity contribution in [2.45, 2.75) is 52.3 Å². The van der Waals surface area contributed by atoms with Crippen LogP contribution >= 0.6 is 11.6 Å². The summed E-state index contributed by atoms with van der Waals surface area (Å²) in [6.07, 6.45) is 1.45. The lowest BCUT2D eigenvalue weighted by molar-refractivity contribution is -0.0731. The van der Waals surface area contributed by atoms with Gasteiger partial charge in [0.2, 0.25) is 0 Å². The first kappa shape index (κ1) is 13.8. The molecule has 5 heteroatoms. The molecule has 18 heavy (non-hydrogen) atoms. The van der Waals surface area contributed by atoms with E-state index in [1.165, 1.54) is 0 Å². The Morgan fingerprint density at radius 1 is 1.56 bits per heavy atom. The van der Waals surface area contributed by atoms with Gasteiger partial charge in [0.1, 0.15) is 0 Å². The molecule has 2 unspecified atom stereocenters. The van der Waals surface area contributed by atoms with Gasteiger partial charge in [0, 0.05) is 25.0 Å². The zero-order valence-electron chi connectivity index (χ0n) is 11.5. The molecule has 0 spiro atoms. The van der Waals surface area contributed by atoms with Crippen LogP contribution < -0.4 is 5.32 Å². The summed E-state index contributed by atoms with van der Waals surface area (Å²) < 4.78 is 1.84. The Kier molecular flexibility index (Phi) is 3.72. The molecule has 1 heterocycles. The van der Waals surface area contributed by atoms with Crippen LogP contribution in [0.1, 0.15) is 38.6 Å². The van der Waals surface area contributed by atoms with Gasteiger partial charge in [0.15, 0.2) is 0 Å². The minimum atomic E-state index is -0.205. The van der Waals surface area contributed by atoms with E-state index in [1.54, 1.807) is 0 Å². The molecule has 0 aliphatic heterocycles. The Balaban J connectivity index is 2.01. The van der Waals surface area contributed by atoms with Gasteiger partial charge in [-0.2, -0.15) is 5.10 Å². The Morgan fingerprint density at radius 2 is 2.22 bits per heavy atom. The minimum Gasteiger partial charge on any atom is -0.392 e. The molecule has 0 amide bonds. The van der Waals surface area contributed by atoms with Crippen molar-refractivity contribution in [1.29, 1.82) is 0 Å². The summed E-state index contributed by atoms with van der Waals surface area (Å²) in [4.78, 5) is 0. The molecule has 2 N–H and O–H groups in total. The molecule has 2 rings (SSSR count). The topological polar surface area (TPSA) is 50.1 Å². The van der Waals surface area contributed by atoms with E-state index < -0.39 is 0 Å². The van der Waals surface area contributed by atoms with Crippen LogP contribution in [0, 0.1) is 5.41 Å². The first-order valence-electron chi connectivity index (χ1n) is 6.49. The van der Waals surface area contributed by atoms with Gasteiger partial charge >= 0.3 is 0 Å². The molecular formula is C13H22ClN3O. The highest BCUT2D eigenvalue weighted by Crippen LogP contribution is 2.40. The van der Waals surface area contributed by atoms with E-state index >= 15 is 0 Å². The second-order valence-corrected chi connectivity index (χ2v) is 6.07. The third-order valence-corrected chi connectivity index (χ3v) is 4.67. The van der Waals surface area contributed by atoms with Gasteiger partial charge < -0.3 is 10.4 Å². The number of aliphatic hydroxyl groups excluding tert-OH is 1. The smallest absolute Gasteiger partial charge is 0.0863 e. The van der Waals surface area contributed by atoms with Gasteiger partial charge in [-0.1, -0.05) is 32.4 Å². The SMILES string of the molecule is CCc1nn(C)c(CNC2CC(O)C2(C)C)c1Cl. The maximum absolute atomic E-state index is 9.71. The normalized spacial score (nSPS) is 26.1.